The number of halogens is 1. The van der Waals surface area contributed by atoms with Gasteiger partial charge in [0, 0.05) is 20.9 Å². The monoisotopic (exact) mass is 432 g/mol. The summed E-state index contributed by atoms with van der Waals surface area (Å²) in [5.41, 5.74) is 0.532. The zero-order valence-electron chi connectivity index (χ0n) is 14.7. The van der Waals surface area contributed by atoms with Gasteiger partial charge >= 0.3 is 5.69 Å². The first-order valence-corrected chi connectivity index (χ1v) is 10.9. The molecule has 1 saturated carbocycles. The number of hydrogen-bond acceptors (Lipinski definition) is 5. The number of nitrogens with one attached hydrogen (secondary N) is 2. The lowest BCUT2D eigenvalue weighted by atomic mass is 10.3. The largest absolute Gasteiger partial charge is 0.344 e. The molecule has 1 amide bonds. The molecule has 0 bridgehead atoms. The van der Waals surface area contributed by atoms with Crippen LogP contribution in [-0.4, -0.2) is 26.4 Å². The maximum absolute atomic E-state index is 12.5. The Morgan fingerprint density at radius 2 is 1.96 bits per heavy atom. The van der Waals surface area contributed by atoms with Gasteiger partial charge in [-0.3, -0.25) is 9.36 Å². The van der Waals surface area contributed by atoms with Crippen LogP contribution >= 0.6 is 35.1 Å². The number of hydrogen-bond donors (Lipinski definition) is 2. The van der Waals surface area contributed by atoms with Crippen LogP contribution < -0.4 is 11.0 Å². The minimum atomic E-state index is -0.213. The molecule has 1 fully saturated rings. The molecule has 0 spiro atoms. The fourth-order valence-corrected chi connectivity index (χ4v) is 4.49. The van der Waals surface area contributed by atoms with Crippen molar-refractivity contribution in [3.63, 3.8) is 0 Å². The first kappa shape index (κ1) is 19.2. The zero-order valence-corrected chi connectivity index (χ0v) is 17.1. The van der Waals surface area contributed by atoms with E-state index in [0.717, 1.165) is 28.3 Å². The first-order chi connectivity index (χ1) is 13.6. The summed E-state index contributed by atoms with van der Waals surface area (Å²) in [4.78, 5) is 26.2. The van der Waals surface area contributed by atoms with E-state index in [1.54, 1.807) is 16.3 Å². The quantitative estimate of drug-likeness (QED) is 0.539. The number of benzene rings is 2. The summed E-state index contributed by atoms with van der Waals surface area (Å²) in [7, 11) is 0. The molecule has 4 rings (SSSR count). The maximum atomic E-state index is 12.5. The Bertz CT molecular complexity index is 1040. The van der Waals surface area contributed by atoms with Crippen LogP contribution in [0.2, 0.25) is 5.02 Å². The molecule has 0 aliphatic heterocycles. The Hall–Kier alpha value is -2.16. The van der Waals surface area contributed by atoms with Crippen molar-refractivity contribution >= 4 is 46.7 Å². The summed E-state index contributed by atoms with van der Waals surface area (Å²) in [5, 5.41) is 10.7. The normalized spacial score (nSPS) is 13.5. The minimum absolute atomic E-state index is 0.146. The summed E-state index contributed by atoms with van der Waals surface area (Å²) in [6.45, 7) is 0. The average molecular weight is 433 g/mol. The third kappa shape index (κ3) is 4.63. The van der Waals surface area contributed by atoms with Gasteiger partial charge in [-0.25, -0.2) is 9.89 Å². The predicted octanol–water partition coefficient (Wildman–Crippen LogP) is 4.44. The first-order valence-electron chi connectivity index (χ1n) is 8.72. The second-order valence-corrected chi connectivity index (χ2v) is 8.80. The van der Waals surface area contributed by atoms with E-state index in [-0.39, 0.29) is 23.4 Å². The molecule has 0 radical (unpaired) electrons. The zero-order chi connectivity index (χ0) is 19.5. The smallest absolute Gasteiger partial charge is 0.324 e. The van der Waals surface area contributed by atoms with Crippen molar-refractivity contribution in [2.24, 2.45) is 0 Å². The van der Waals surface area contributed by atoms with Crippen LogP contribution in [0.5, 0.6) is 0 Å². The summed E-state index contributed by atoms with van der Waals surface area (Å²) in [6.07, 6.45) is 1.96. The van der Waals surface area contributed by atoms with E-state index in [1.807, 2.05) is 48.5 Å². The number of aromatic amines is 1. The number of nitrogens with zero attached hydrogens (tertiary/aromatic N) is 2. The van der Waals surface area contributed by atoms with Crippen LogP contribution in [-0.2, 0) is 4.79 Å². The highest BCUT2D eigenvalue weighted by atomic mass is 35.5. The van der Waals surface area contributed by atoms with Crippen LogP contribution in [0.15, 0.2) is 68.3 Å². The molecule has 2 aromatic carbocycles. The second-order valence-electron chi connectivity index (χ2n) is 6.30. The van der Waals surface area contributed by atoms with Crippen molar-refractivity contribution in [2.75, 3.05) is 11.1 Å². The second kappa shape index (κ2) is 8.46. The number of carbonyl (C=O) groups excluding carboxylic acids is 1. The van der Waals surface area contributed by atoms with E-state index in [2.05, 4.69) is 15.5 Å². The van der Waals surface area contributed by atoms with Crippen molar-refractivity contribution < 1.29 is 4.79 Å². The molecule has 9 heteroatoms. The topological polar surface area (TPSA) is 79.8 Å². The lowest BCUT2D eigenvalue weighted by molar-refractivity contribution is -0.113. The molecule has 0 unspecified atom stereocenters. The number of para-hydroxylation sites is 1. The van der Waals surface area contributed by atoms with Crippen molar-refractivity contribution in [3.05, 3.63) is 64.0 Å². The predicted molar refractivity (Wildman–Crippen MR) is 112 cm³/mol. The SMILES string of the molecule is O=C(CSc1n[nH]c(=O)n1C1CC1)Nc1ccccc1Sc1ccc(Cl)cc1. The number of anilines is 1. The van der Waals surface area contributed by atoms with Gasteiger partial charge in [-0.1, -0.05) is 47.3 Å². The molecule has 1 aliphatic rings. The molecule has 1 aromatic heterocycles. The Balaban J connectivity index is 1.41. The van der Waals surface area contributed by atoms with E-state index < -0.39 is 0 Å². The lowest BCUT2D eigenvalue weighted by Gasteiger charge is -2.11. The van der Waals surface area contributed by atoms with E-state index in [1.165, 1.54) is 11.8 Å². The highest BCUT2D eigenvalue weighted by Gasteiger charge is 2.28. The molecule has 1 aliphatic carbocycles. The molecule has 1 heterocycles. The summed E-state index contributed by atoms with van der Waals surface area (Å²) in [6, 6.07) is 15.4. The molecule has 2 N–H and O–H groups in total. The lowest BCUT2D eigenvalue weighted by Crippen LogP contribution is -2.18. The molecule has 28 heavy (non-hydrogen) atoms. The number of amides is 1. The third-order valence-electron chi connectivity index (χ3n) is 4.12. The molecule has 0 saturated heterocycles. The van der Waals surface area contributed by atoms with Crippen molar-refractivity contribution in [1.29, 1.82) is 0 Å². The van der Waals surface area contributed by atoms with Gasteiger partial charge in [-0.2, -0.15) is 0 Å². The van der Waals surface area contributed by atoms with Gasteiger partial charge in [0.15, 0.2) is 5.16 Å². The third-order valence-corrected chi connectivity index (χ3v) is 6.41. The molecule has 3 aromatic rings. The van der Waals surface area contributed by atoms with Gasteiger partial charge in [-0.15, -0.1) is 5.10 Å². The van der Waals surface area contributed by atoms with Gasteiger partial charge in [0.25, 0.3) is 0 Å². The fourth-order valence-electron chi connectivity index (χ4n) is 2.65. The van der Waals surface area contributed by atoms with Crippen molar-refractivity contribution in [2.45, 2.75) is 33.8 Å². The van der Waals surface area contributed by atoms with E-state index in [4.69, 9.17) is 11.6 Å². The van der Waals surface area contributed by atoms with Crippen LogP contribution in [0.25, 0.3) is 0 Å². The van der Waals surface area contributed by atoms with Gasteiger partial charge in [-0.05, 0) is 49.2 Å². The van der Waals surface area contributed by atoms with Crippen LogP contribution in [0.4, 0.5) is 5.69 Å². The van der Waals surface area contributed by atoms with Gasteiger partial charge < -0.3 is 5.32 Å². The Morgan fingerprint density at radius 3 is 2.71 bits per heavy atom. The minimum Gasteiger partial charge on any atom is -0.324 e. The van der Waals surface area contributed by atoms with E-state index in [0.29, 0.717) is 10.2 Å². The highest BCUT2D eigenvalue weighted by molar-refractivity contribution is 8.00. The van der Waals surface area contributed by atoms with Gasteiger partial charge in [0.2, 0.25) is 5.91 Å². The van der Waals surface area contributed by atoms with Crippen LogP contribution in [0.3, 0.4) is 0 Å². The van der Waals surface area contributed by atoms with Crippen molar-refractivity contribution in [1.82, 2.24) is 14.8 Å². The van der Waals surface area contributed by atoms with Crippen molar-refractivity contribution in [3.8, 4) is 0 Å². The van der Waals surface area contributed by atoms with E-state index >= 15 is 0 Å². The van der Waals surface area contributed by atoms with Crippen LogP contribution in [0, 0.1) is 0 Å². The molecule has 0 atom stereocenters. The maximum Gasteiger partial charge on any atom is 0.344 e. The van der Waals surface area contributed by atoms with Gasteiger partial charge in [0.05, 0.1) is 11.4 Å². The number of thioether (sulfide) groups is 1. The number of carbonyl (C=O) groups is 1. The Labute approximate surface area is 175 Å². The Kier molecular flexibility index (Phi) is 5.79. The molecule has 6 nitrogen and oxygen atoms in total. The highest BCUT2D eigenvalue weighted by Crippen LogP contribution is 2.36. The number of rotatable bonds is 7. The number of H-pyrrole nitrogens is 1. The molecular formula is C19H17ClN4O2S2. The van der Waals surface area contributed by atoms with Gasteiger partial charge in [0.1, 0.15) is 0 Å². The van der Waals surface area contributed by atoms with E-state index in [9.17, 15) is 9.59 Å². The molecule has 144 valence electrons. The fraction of sp³-hybridized carbons (Fsp3) is 0.211. The number of aromatic nitrogens is 3. The van der Waals surface area contributed by atoms with Crippen LogP contribution in [0.1, 0.15) is 18.9 Å². The summed E-state index contributed by atoms with van der Waals surface area (Å²) < 4.78 is 1.64. The Morgan fingerprint density at radius 1 is 1.21 bits per heavy atom. The summed E-state index contributed by atoms with van der Waals surface area (Å²) >= 11 is 8.76. The molecular weight excluding hydrogens is 416 g/mol. The standard InChI is InChI=1S/C19H17ClN4O2S2/c20-12-5-9-14(10-6-12)28-16-4-2-1-3-15(16)21-17(25)11-27-19-23-22-18(26)24(19)13-7-8-13/h1-6,9-10,13H,7-8,11H2,(H,21,25)(H,22,26). The summed E-state index contributed by atoms with van der Waals surface area (Å²) in [5.74, 6) is 0.0312. The average Bonchev–Trinajstić information content (AvgIpc) is 3.46.